The molecule has 3 aliphatic carbocycles. The van der Waals surface area contributed by atoms with E-state index in [9.17, 15) is 0 Å². The SMILES string of the molecule is CCc1cc2c(cc1C)C(C)(C)c1cc(N(c3ccc4c(c3)C(C)(C)c3ccccc3-4)c3ccc4c(c3)C(C)(C)c3ccccc3-4)ccc1-2. The molecular weight excluding hydrogens is 591 g/mol. The van der Waals surface area contributed by atoms with Gasteiger partial charge in [-0.05, 0) is 128 Å². The average molecular weight is 636 g/mol. The number of benzene rings is 6. The molecule has 0 unspecified atom stereocenters. The van der Waals surface area contributed by atoms with Crippen LogP contribution < -0.4 is 4.90 Å². The van der Waals surface area contributed by atoms with E-state index in [4.69, 9.17) is 0 Å². The second-order valence-electron chi connectivity index (χ2n) is 16.2. The van der Waals surface area contributed by atoms with E-state index in [0.717, 1.165) is 6.42 Å². The Morgan fingerprint density at radius 3 is 1.22 bits per heavy atom. The number of anilines is 3. The summed E-state index contributed by atoms with van der Waals surface area (Å²) in [7, 11) is 0. The number of rotatable bonds is 4. The average Bonchev–Trinajstić information content (AvgIpc) is 3.57. The molecule has 0 aliphatic heterocycles. The summed E-state index contributed by atoms with van der Waals surface area (Å²) < 4.78 is 0. The van der Waals surface area contributed by atoms with Gasteiger partial charge in [0.05, 0.1) is 0 Å². The molecule has 49 heavy (non-hydrogen) atoms. The maximum Gasteiger partial charge on any atom is 0.0465 e. The van der Waals surface area contributed by atoms with Crippen LogP contribution in [0, 0.1) is 6.92 Å². The molecule has 0 heterocycles. The van der Waals surface area contributed by atoms with Crippen LogP contribution in [0.4, 0.5) is 17.1 Å². The summed E-state index contributed by atoms with van der Waals surface area (Å²) >= 11 is 0. The van der Waals surface area contributed by atoms with Crippen LogP contribution in [0.3, 0.4) is 0 Å². The smallest absolute Gasteiger partial charge is 0.0465 e. The molecule has 0 atom stereocenters. The molecule has 9 rings (SSSR count). The summed E-state index contributed by atoms with van der Waals surface area (Å²) in [4.78, 5) is 2.51. The van der Waals surface area contributed by atoms with Crippen LogP contribution in [0.15, 0.2) is 115 Å². The third-order valence-corrected chi connectivity index (χ3v) is 12.4. The van der Waals surface area contributed by atoms with E-state index in [1.165, 1.54) is 95.0 Å². The van der Waals surface area contributed by atoms with Gasteiger partial charge in [-0.3, -0.25) is 0 Å². The van der Waals surface area contributed by atoms with E-state index >= 15 is 0 Å². The lowest BCUT2D eigenvalue weighted by molar-refractivity contribution is 0.659. The van der Waals surface area contributed by atoms with Crippen molar-refractivity contribution in [3.8, 4) is 33.4 Å². The Balaban J connectivity index is 1.25. The van der Waals surface area contributed by atoms with Crippen molar-refractivity contribution < 1.29 is 0 Å². The Hall–Kier alpha value is -4.88. The summed E-state index contributed by atoms with van der Waals surface area (Å²) in [6, 6.07) is 44.3. The highest BCUT2D eigenvalue weighted by Crippen LogP contribution is 2.55. The van der Waals surface area contributed by atoms with Crippen LogP contribution in [0.2, 0.25) is 0 Å². The zero-order chi connectivity index (χ0) is 34.0. The molecule has 0 amide bonds. The van der Waals surface area contributed by atoms with Crippen molar-refractivity contribution in [2.24, 2.45) is 0 Å². The van der Waals surface area contributed by atoms with E-state index in [0.29, 0.717) is 0 Å². The number of fused-ring (bicyclic) bond motifs is 9. The van der Waals surface area contributed by atoms with Crippen molar-refractivity contribution in [1.82, 2.24) is 0 Å². The van der Waals surface area contributed by atoms with Gasteiger partial charge in [0.1, 0.15) is 0 Å². The van der Waals surface area contributed by atoms with Gasteiger partial charge >= 0.3 is 0 Å². The lowest BCUT2D eigenvalue weighted by atomic mass is 9.81. The lowest BCUT2D eigenvalue weighted by Gasteiger charge is -2.31. The van der Waals surface area contributed by atoms with Gasteiger partial charge in [0, 0.05) is 33.3 Å². The van der Waals surface area contributed by atoms with Gasteiger partial charge in [0.2, 0.25) is 0 Å². The molecular formula is C48H45N. The molecule has 3 aliphatic rings. The van der Waals surface area contributed by atoms with E-state index in [-0.39, 0.29) is 16.2 Å². The maximum absolute atomic E-state index is 2.51. The maximum atomic E-state index is 2.51. The Bertz CT molecular complexity index is 2260. The standard InChI is InChI=1S/C48H45N/c1-9-30-25-39-38-23-20-33(28-45(38)48(7,8)42(39)24-29(30)2)49(31-18-21-36-34-14-10-12-16-40(34)46(3,4)43(36)26-31)32-19-22-37-35-15-11-13-17-41(35)47(5,6)44(37)27-32/h10-28H,9H2,1-8H3. The van der Waals surface area contributed by atoms with E-state index in [1.807, 2.05) is 0 Å². The first-order valence-electron chi connectivity index (χ1n) is 18.0. The zero-order valence-corrected chi connectivity index (χ0v) is 30.1. The van der Waals surface area contributed by atoms with Crippen molar-refractivity contribution in [3.05, 3.63) is 160 Å². The summed E-state index contributed by atoms with van der Waals surface area (Å²) in [5.74, 6) is 0. The van der Waals surface area contributed by atoms with Crippen LogP contribution >= 0.6 is 0 Å². The van der Waals surface area contributed by atoms with Crippen molar-refractivity contribution in [3.63, 3.8) is 0 Å². The predicted octanol–water partition coefficient (Wildman–Crippen LogP) is 12.9. The largest absolute Gasteiger partial charge is 0.310 e. The van der Waals surface area contributed by atoms with Crippen molar-refractivity contribution in [2.75, 3.05) is 4.90 Å². The van der Waals surface area contributed by atoms with Crippen molar-refractivity contribution in [2.45, 2.75) is 78.1 Å². The van der Waals surface area contributed by atoms with Crippen LogP contribution in [0.5, 0.6) is 0 Å². The zero-order valence-electron chi connectivity index (χ0n) is 30.1. The Morgan fingerprint density at radius 1 is 0.408 bits per heavy atom. The first-order valence-corrected chi connectivity index (χ1v) is 18.0. The van der Waals surface area contributed by atoms with Gasteiger partial charge in [-0.15, -0.1) is 0 Å². The quantitative estimate of drug-likeness (QED) is 0.186. The van der Waals surface area contributed by atoms with Crippen LogP contribution in [0.25, 0.3) is 33.4 Å². The van der Waals surface area contributed by atoms with Gasteiger partial charge < -0.3 is 4.90 Å². The summed E-state index contributed by atoms with van der Waals surface area (Å²) in [6.07, 6.45) is 1.05. The molecule has 0 bridgehead atoms. The van der Waals surface area contributed by atoms with Gasteiger partial charge in [0.15, 0.2) is 0 Å². The minimum absolute atomic E-state index is 0.0778. The second-order valence-corrected chi connectivity index (χ2v) is 16.2. The third-order valence-electron chi connectivity index (χ3n) is 12.4. The van der Waals surface area contributed by atoms with Crippen molar-refractivity contribution >= 4 is 17.1 Å². The van der Waals surface area contributed by atoms with Gasteiger partial charge in [-0.2, -0.15) is 0 Å². The fourth-order valence-corrected chi connectivity index (χ4v) is 9.55. The van der Waals surface area contributed by atoms with E-state index in [1.54, 1.807) is 0 Å². The second kappa shape index (κ2) is 10.1. The normalized spacial score (nSPS) is 16.3. The molecule has 0 spiro atoms. The number of hydrogen-bond donors (Lipinski definition) is 0. The fourth-order valence-electron chi connectivity index (χ4n) is 9.55. The molecule has 0 saturated carbocycles. The molecule has 0 radical (unpaired) electrons. The molecule has 0 N–H and O–H groups in total. The molecule has 0 aromatic heterocycles. The third kappa shape index (κ3) is 4.05. The van der Waals surface area contributed by atoms with E-state index in [2.05, 4.69) is 176 Å². The Labute approximate surface area is 292 Å². The minimum Gasteiger partial charge on any atom is -0.310 e. The highest BCUT2D eigenvalue weighted by Gasteiger charge is 2.39. The highest BCUT2D eigenvalue weighted by atomic mass is 15.1. The topological polar surface area (TPSA) is 3.24 Å². The van der Waals surface area contributed by atoms with Gasteiger partial charge in [0.25, 0.3) is 0 Å². The van der Waals surface area contributed by atoms with E-state index < -0.39 is 0 Å². The Morgan fingerprint density at radius 2 is 0.776 bits per heavy atom. The predicted molar refractivity (Wildman–Crippen MR) is 208 cm³/mol. The molecule has 1 heteroatoms. The molecule has 1 nitrogen and oxygen atoms in total. The molecule has 0 saturated heterocycles. The van der Waals surface area contributed by atoms with Crippen molar-refractivity contribution in [1.29, 1.82) is 0 Å². The minimum atomic E-state index is -0.0908. The number of nitrogens with zero attached hydrogens (tertiary/aromatic N) is 1. The fraction of sp³-hybridized carbons (Fsp3) is 0.250. The monoisotopic (exact) mass is 635 g/mol. The summed E-state index contributed by atoms with van der Waals surface area (Å²) in [5, 5.41) is 0. The lowest BCUT2D eigenvalue weighted by Crippen LogP contribution is -2.19. The Kier molecular flexibility index (Phi) is 6.21. The first-order chi connectivity index (χ1) is 23.4. The number of aryl methyl sites for hydroxylation is 2. The summed E-state index contributed by atoms with van der Waals surface area (Å²) in [6.45, 7) is 18.9. The molecule has 6 aromatic carbocycles. The van der Waals surface area contributed by atoms with Gasteiger partial charge in [-0.25, -0.2) is 0 Å². The van der Waals surface area contributed by atoms with Crippen LogP contribution in [-0.2, 0) is 22.7 Å². The molecule has 242 valence electrons. The van der Waals surface area contributed by atoms with Crippen LogP contribution in [0.1, 0.15) is 93.0 Å². The molecule has 6 aromatic rings. The van der Waals surface area contributed by atoms with Gasteiger partial charge in [-0.1, -0.05) is 127 Å². The first kappa shape index (κ1) is 30.2. The highest BCUT2D eigenvalue weighted by molar-refractivity contribution is 5.90. The number of hydrogen-bond acceptors (Lipinski definition) is 1. The van der Waals surface area contributed by atoms with Crippen LogP contribution in [-0.4, -0.2) is 0 Å². The summed E-state index contributed by atoms with van der Waals surface area (Å²) in [5.41, 5.74) is 22.8. The molecule has 0 fully saturated rings.